The van der Waals surface area contributed by atoms with Gasteiger partial charge in [-0.05, 0) is 32.6 Å². The fraction of sp³-hybridized carbons (Fsp3) is 0.923. The minimum absolute atomic E-state index is 0.00810. The number of carbonyl (C=O) groups is 1. The van der Waals surface area contributed by atoms with Crippen LogP contribution in [0.4, 0.5) is 0 Å². The lowest BCUT2D eigenvalue weighted by Crippen LogP contribution is -2.47. The van der Waals surface area contributed by atoms with Crippen molar-refractivity contribution in [3.8, 4) is 0 Å². The van der Waals surface area contributed by atoms with E-state index in [2.05, 4.69) is 12.2 Å². The van der Waals surface area contributed by atoms with Gasteiger partial charge in [-0.25, -0.2) is 0 Å². The molecule has 2 rings (SSSR count). The Labute approximate surface area is 103 Å². The van der Waals surface area contributed by atoms with E-state index in [1.807, 2.05) is 0 Å². The van der Waals surface area contributed by atoms with Gasteiger partial charge in [0.1, 0.15) is 0 Å². The maximum absolute atomic E-state index is 12.1. The Kier molecular flexibility index (Phi) is 4.05. The Morgan fingerprint density at radius 3 is 2.82 bits per heavy atom. The highest BCUT2D eigenvalue weighted by Gasteiger charge is 2.33. The molecule has 0 radical (unpaired) electrons. The van der Waals surface area contributed by atoms with Gasteiger partial charge in [0.25, 0.3) is 0 Å². The lowest BCUT2D eigenvalue weighted by molar-refractivity contribution is -0.127. The summed E-state index contributed by atoms with van der Waals surface area (Å²) in [6, 6.07) is 0.0426. The standard InChI is InChI=1S/C13H24N2O2/c1-13(7-4-8-17-13)9-15-12(16)10-5-2-3-6-11(10)14/h10-11H,2-9,14H2,1H3,(H,15,16). The molecule has 3 atom stereocenters. The monoisotopic (exact) mass is 240 g/mol. The maximum Gasteiger partial charge on any atom is 0.224 e. The predicted molar refractivity (Wildman–Crippen MR) is 66.5 cm³/mol. The van der Waals surface area contributed by atoms with Crippen molar-refractivity contribution in [2.45, 2.75) is 57.1 Å². The first-order chi connectivity index (χ1) is 8.11. The lowest BCUT2D eigenvalue weighted by atomic mass is 9.84. The van der Waals surface area contributed by atoms with Crippen LogP contribution in [0.5, 0.6) is 0 Å². The summed E-state index contributed by atoms with van der Waals surface area (Å²) < 4.78 is 5.66. The van der Waals surface area contributed by atoms with Crippen LogP contribution in [0.1, 0.15) is 45.4 Å². The second-order valence-electron chi connectivity index (χ2n) is 5.67. The zero-order chi connectivity index (χ0) is 12.3. The Bertz CT molecular complexity index is 275. The molecule has 4 nitrogen and oxygen atoms in total. The van der Waals surface area contributed by atoms with E-state index in [1.54, 1.807) is 0 Å². The molecular formula is C13H24N2O2. The van der Waals surface area contributed by atoms with Crippen molar-refractivity contribution in [3.05, 3.63) is 0 Å². The summed E-state index contributed by atoms with van der Waals surface area (Å²) in [7, 11) is 0. The average Bonchev–Trinajstić information content (AvgIpc) is 2.74. The predicted octanol–water partition coefficient (Wildman–Crippen LogP) is 1.19. The molecule has 0 spiro atoms. The van der Waals surface area contributed by atoms with E-state index in [0.29, 0.717) is 6.54 Å². The zero-order valence-electron chi connectivity index (χ0n) is 10.7. The third kappa shape index (κ3) is 3.19. The largest absolute Gasteiger partial charge is 0.373 e. The molecule has 1 amide bonds. The highest BCUT2D eigenvalue weighted by atomic mass is 16.5. The molecule has 1 heterocycles. The number of amides is 1. The van der Waals surface area contributed by atoms with Gasteiger partial charge < -0.3 is 15.8 Å². The normalized spacial score (nSPS) is 38.0. The molecule has 1 aliphatic carbocycles. The average molecular weight is 240 g/mol. The minimum atomic E-state index is -0.158. The Morgan fingerprint density at radius 2 is 2.18 bits per heavy atom. The van der Waals surface area contributed by atoms with Gasteiger partial charge in [0.15, 0.2) is 0 Å². The van der Waals surface area contributed by atoms with Gasteiger partial charge >= 0.3 is 0 Å². The van der Waals surface area contributed by atoms with E-state index in [0.717, 1.165) is 45.1 Å². The molecule has 0 bridgehead atoms. The quantitative estimate of drug-likeness (QED) is 0.779. The van der Waals surface area contributed by atoms with Crippen LogP contribution in [0.2, 0.25) is 0 Å². The summed E-state index contributed by atoms with van der Waals surface area (Å²) in [6.45, 7) is 3.51. The van der Waals surface area contributed by atoms with Crippen LogP contribution in [-0.2, 0) is 9.53 Å². The summed E-state index contributed by atoms with van der Waals surface area (Å²) in [5.41, 5.74) is 5.85. The molecule has 0 aromatic heterocycles. The van der Waals surface area contributed by atoms with Crippen molar-refractivity contribution >= 4 is 5.91 Å². The van der Waals surface area contributed by atoms with E-state index in [-0.39, 0.29) is 23.5 Å². The van der Waals surface area contributed by atoms with Crippen LogP contribution >= 0.6 is 0 Å². The summed E-state index contributed by atoms with van der Waals surface area (Å²) in [4.78, 5) is 12.1. The molecule has 0 aromatic rings. The summed E-state index contributed by atoms with van der Waals surface area (Å²) in [6.07, 6.45) is 6.32. The molecular weight excluding hydrogens is 216 g/mol. The van der Waals surface area contributed by atoms with Crippen molar-refractivity contribution in [1.82, 2.24) is 5.32 Å². The number of rotatable bonds is 3. The van der Waals surface area contributed by atoms with Crippen LogP contribution in [0.3, 0.4) is 0 Å². The topological polar surface area (TPSA) is 64.4 Å². The van der Waals surface area contributed by atoms with E-state index < -0.39 is 0 Å². The summed E-state index contributed by atoms with van der Waals surface area (Å²) in [5, 5.41) is 3.02. The van der Waals surface area contributed by atoms with E-state index in [4.69, 9.17) is 10.5 Å². The molecule has 3 unspecified atom stereocenters. The van der Waals surface area contributed by atoms with Crippen molar-refractivity contribution in [1.29, 1.82) is 0 Å². The number of hydrogen-bond acceptors (Lipinski definition) is 3. The van der Waals surface area contributed by atoms with Gasteiger partial charge in [0.05, 0.1) is 11.5 Å². The molecule has 2 fully saturated rings. The highest BCUT2D eigenvalue weighted by Crippen LogP contribution is 2.25. The zero-order valence-corrected chi connectivity index (χ0v) is 10.7. The molecule has 0 aromatic carbocycles. The second kappa shape index (κ2) is 5.36. The smallest absolute Gasteiger partial charge is 0.224 e. The fourth-order valence-corrected chi connectivity index (χ4v) is 2.87. The second-order valence-corrected chi connectivity index (χ2v) is 5.67. The van der Waals surface area contributed by atoms with E-state index in [9.17, 15) is 4.79 Å². The fourth-order valence-electron chi connectivity index (χ4n) is 2.87. The SMILES string of the molecule is CC1(CNC(=O)C2CCCCC2N)CCCO1. The van der Waals surface area contributed by atoms with Crippen LogP contribution in [-0.4, -0.2) is 30.7 Å². The molecule has 1 saturated carbocycles. The molecule has 3 N–H and O–H groups in total. The number of nitrogens with two attached hydrogens (primary N) is 1. The van der Waals surface area contributed by atoms with Gasteiger partial charge in [-0.15, -0.1) is 0 Å². The number of carbonyl (C=O) groups excluding carboxylic acids is 1. The van der Waals surface area contributed by atoms with Crippen molar-refractivity contribution in [2.75, 3.05) is 13.2 Å². The van der Waals surface area contributed by atoms with Gasteiger partial charge in [0, 0.05) is 19.2 Å². The van der Waals surface area contributed by atoms with Crippen molar-refractivity contribution < 1.29 is 9.53 Å². The first kappa shape index (κ1) is 12.8. The summed E-state index contributed by atoms with van der Waals surface area (Å²) >= 11 is 0. The van der Waals surface area contributed by atoms with Crippen LogP contribution in [0.15, 0.2) is 0 Å². The van der Waals surface area contributed by atoms with E-state index in [1.165, 1.54) is 0 Å². The van der Waals surface area contributed by atoms with Crippen LogP contribution < -0.4 is 11.1 Å². The number of nitrogens with one attached hydrogen (secondary N) is 1. The third-order valence-electron chi connectivity index (χ3n) is 4.09. The van der Waals surface area contributed by atoms with Gasteiger partial charge in [-0.3, -0.25) is 4.79 Å². The third-order valence-corrected chi connectivity index (χ3v) is 4.09. The van der Waals surface area contributed by atoms with Gasteiger partial charge in [-0.1, -0.05) is 12.8 Å². The Morgan fingerprint density at radius 1 is 1.41 bits per heavy atom. The Balaban J connectivity index is 1.80. The van der Waals surface area contributed by atoms with Crippen LogP contribution in [0, 0.1) is 5.92 Å². The van der Waals surface area contributed by atoms with Gasteiger partial charge in [0.2, 0.25) is 5.91 Å². The first-order valence-electron chi connectivity index (χ1n) is 6.78. The lowest BCUT2D eigenvalue weighted by Gasteiger charge is -2.29. The molecule has 1 aliphatic heterocycles. The number of hydrogen-bond donors (Lipinski definition) is 2. The van der Waals surface area contributed by atoms with Crippen molar-refractivity contribution in [2.24, 2.45) is 11.7 Å². The molecule has 98 valence electrons. The van der Waals surface area contributed by atoms with Crippen LogP contribution in [0.25, 0.3) is 0 Å². The maximum atomic E-state index is 12.1. The minimum Gasteiger partial charge on any atom is -0.373 e. The van der Waals surface area contributed by atoms with E-state index >= 15 is 0 Å². The molecule has 4 heteroatoms. The molecule has 2 aliphatic rings. The van der Waals surface area contributed by atoms with Gasteiger partial charge in [-0.2, -0.15) is 0 Å². The summed E-state index contributed by atoms with van der Waals surface area (Å²) in [5.74, 6) is 0.127. The number of ether oxygens (including phenoxy) is 1. The first-order valence-corrected chi connectivity index (χ1v) is 6.78. The molecule has 1 saturated heterocycles. The molecule has 17 heavy (non-hydrogen) atoms. The highest BCUT2D eigenvalue weighted by molar-refractivity contribution is 5.79. The Hall–Kier alpha value is -0.610. The van der Waals surface area contributed by atoms with Crippen molar-refractivity contribution in [3.63, 3.8) is 0 Å².